The van der Waals surface area contributed by atoms with E-state index in [4.69, 9.17) is 19.9 Å². The highest BCUT2D eigenvalue weighted by atomic mass is 16.6. The highest BCUT2D eigenvalue weighted by Crippen LogP contribution is 2.28. The van der Waals surface area contributed by atoms with E-state index in [1.54, 1.807) is 45.1 Å². The molecule has 42 heavy (non-hydrogen) atoms. The summed E-state index contributed by atoms with van der Waals surface area (Å²) in [6, 6.07) is 0. The second kappa shape index (κ2) is 16.0. The van der Waals surface area contributed by atoms with E-state index in [1.165, 1.54) is 20.3 Å². The number of aliphatic hydroxyl groups is 1. The summed E-state index contributed by atoms with van der Waals surface area (Å²) >= 11 is 0. The molecule has 0 spiro atoms. The molecule has 2 rings (SSSR count). The predicted molar refractivity (Wildman–Crippen MR) is 158 cm³/mol. The SMILES string of the molecule is C=CCNC1=C2C[C@H](C)C[C@H](OC)[C@H](O)[C@@H](C)/C=C(\C)[C@@H](OC(N)=O)[C@H](OC)/C=C/C=C(/C)C(=O)NC(=CC1=O)C2=O. The lowest BCUT2D eigenvalue weighted by Gasteiger charge is -2.30. The van der Waals surface area contributed by atoms with Crippen LogP contribution >= 0.6 is 0 Å². The molecular formula is C31H43N3O8. The summed E-state index contributed by atoms with van der Waals surface area (Å²) in [4.78, 5) is 51.3. The number of methoxy groups -OCH3 is 2. The van der Waals surface area contributed by atoms with Crippen molar-refractivity contribution in [3.05, 3.63) is 71.1 Å². The Morgan fingerprint density at radius 3 is 2.50 bits per heavy atom. The molecular weight excluding hydrogens is 542 g/mol. The largest absolute Gasteiger partial charge is 0.439 e. The van der Waals surface area contributed by atoms with Crippen LogP contribution in [0.15, 0.2) is 71.1 Å². The van der Waals surface area contributed by atoms with Gasteiger partial charge in [0.15, 0.2) is 6.10 Å². The van der Waals surface area contributed by atoms with Crippen LogP contribution in [0.1, 0.15) is 40.5 Å². The van der Waals surface area contributed by atoms with Gasteiger partial charge in [0.05, 0.1) is 23.6 Å². The van der Waals surface area contributed by atoms with E-state index in [1.807, 2.05) is 6.92 Å². The Balaban J connectivity index is 2.62. The third-order valence-electron chi connectivity index (χ3n) is 7.22. The summed E-state index contributed by atoms with van der Waals surface area (Å²) in [7, 11) is 2.92. The first kappa shape index (κ1) is 34.4. The fourth-order valence-corrected chi connectivity index (χ4v) is 4.95. The second-order valence-electron chi connectivity index (χ2n) is 10.6. The van der Waals surface area contributed by atoms with Crippen LogP contribution in [-0.2, 0) is 28.6 Å². The second-order valence-corrected chi connectivity index (χ2v) is 10.6. The number of nitrogens with one attached hydrogen (secondary N) is 2. The molecule has 0 aromatic heterocycles. The zero-order valence-electron chi connectivity index (χ0n) is 25.1. The number of ether oxygens (including phenoxy) is 3. The van der Waals surface area contributed by atoms with Gasteiger partial charge in [-0.1, -0.05) is 44.2 Å². The number of rotatable bonds is 6. The molecule has 2 aliphatic rings. The van der Waals surface area contributed by atoms with Gasteiger partial charge in [0, 0.05) is 43.9 Å². The predicted octanol–water partition coefficient (Wildman–Crippen LogP) is 2.54. The van der Waals surface area contributed by atoms with E-state index >= 15 is 0 Å². The van der Waals surface area contributed by atoms with Crippen LogP contribution in [0.25, 0.3) is 0 Å². The van der Waals surface area contributed by atoms with Crippen molar-refractivity contribution in [2.45, 2.75) is 65.0 Å². The van der Waals surface area contributed by atoms with Gasteiger partial charge in [-0.15, -0.1) is 6.58 Å². The highest BCUT2D eigenvalue weighted by molar-refractivity contribution is 6.23. The number of hydrogen-bond donors (Lipinski definition) is 4. The molecule has 0 unspecified atom stereocenters. The summed E-state index contributed by atoms with van der Waals surface area (Å²) in [5, 5.41) is 16.7. The van der Waals surface area contributed by atoms with Crippen molar-refractivity contribution >= 4 is 23.6 Å². The summed E-state index contributed by atoms with van der Waals surface area (Å²) < 4.78 is 16.6. The molecule has 0 saturated heterocycles. The molecule has 11 nitrogen and oxygen atoms in total. The summed E-state index contributed by atoms with van der Waals surface area (Å²) in [6.45, 7) is 10.9. The molecule has 0 aromatic rings. The lowest BCUT2D eigenvalue weighted by molar-refractivity contribution is -0.120. The molecule has 230 valence electrons. The number of aliphatic hydroxyl groups excluding tert-OH is 1. The van der Waals surface area contributed by atoms with Crippen molar-refractivity contribution in [3.8, 4) is 0 Å². The molecule has 0 aromatic carbocycles. The Labute approximate surface area is 247 Å². The highest BCUT2D eigenvalue weighted by Gasteiger charge is 2.33. The molecule has 2 bridgehead atoms. The van der Waals surface area contributed by atoms with Gasteiger partial charge in [0.1, 0.15) is 6.10 Å². The minimum atomic E-state index is -1.00. The first-order valence-corrected chi connectivity index (χ1v) is 13.8. The minimum absolute atomic E-state index is 0.132. The maximum absolute atomic E-state index is 13.5. The molecule has 6 atom stereocenters. The average Bonchev–Trinajstić information content (AvgIpc) is 2.94. The van der Waals surface area contributed by atoms with Crippen molar-refractivity contribution in [2.75, 3.05) is 20.8 Å². The molecule has 5 N–H and O–H groups in total. The number of Topliss-reactive ketones (excluding diaryl/α,β-unsaturated/α-hetero) is 1. The third kappa shape index (κ3) is 9.10. The number of allylic oxidation sites excluding steroid dienone is 4. The van der Waals surface area contributed by atoms with Crippen LogP contribution < -0.4 is 16.4 Å². The van der Waals surface area contributed by atoms with Crippen LogP contribution in [0.3, 0.4) is 0 Å². The minimum Gasteiger partial charge on any atom is -0.439 e. The first-order chi connectivity index (χ1) is 19.8. The molecule has 0 saturated carbocycles. The zero-order chi connectivity index (χ0) is 31.6. The molecule has 0 radical (unpaired) electrons. The van der Waals surface area contributed by atoms with Gasteiger partial charge < -0.3 is 35.7 Å². The van der Waals surface area contributed by atoms with Crippen LogP contribution in [0.2, 0.25) is 0 Å². The van der Waals surface area contributed by atoms with E-state index < -0.39 is 53.9 Å². The summed E-state index contributed by atoms with van der Waals surface area (Å²) in [5.41, 5.74) is 6.42. The number of ketones is 2. The zero-order valence-corrected chi connectivity index (χ0v) is 25.1. The Morgan fingerprint density at radius 1 is 1.21 bits per heavy atom. The number of amides is 2. The Kier molecular flexibility index (Phi) is 13.1. The molecule has 1 heterocycles. The van der Waals surface area contributed by atoms with Crippen molar-refractivity contribution in [2.24, 2.45) is 17.6 Å². The Hall–Kier alpha value is -3.80. The number of fused-ring (bicyclic) bond motifs is 2. The van der Waals surface area contributed by atoms with Crippen molar-refractivity contribution in [1.82, 2.24) is 10.6 Å². The van der Waals surface area contributed by atoms with Crippen LogP contribution in [-0.4, -0.2) is 73.9 Å². The number of primary amides is 1. The van der Waals surface area contributed by atoms with E-state index in [-0.39, 0.29) is 41.4 Å². The van der Waals surface area contributed by atoms with E-state index in [0.717, 1.165) is 6.08 Å². The van der Waals surface area contributed by atoms with Crippen LogP contribution in [0.5, 0.6) is 0 Å². The maximum Gasteiger partial charge on any atom is 0.405 e. The maximum atomic E-state index is 13.5. The van der Waals surface area contributed by atoms with Crippen molar-refractivity contribution in [1.29, 1.82) is 0 Å². The third-order valence-corrected chi connectivity index (χ3v) is 7.22. The quantitative estimate of drug-likeness (QED) is 0.271. The molecule has 2 amide bonds. The van der Waals surface area contributed by atoms with Gasteiger partial charge in [-0.3, -0.25) is 14.4 Å². The van der Waals surface area contributed by atoms with Crippen LogP contribution in [0.4, 0.5) is 4.79 Å². The Morgan fingerprint density at radius 2 is 1.90 bits per heavy atom. The first-order valence-electron chi connectivity index (χ1n) is 13.8. The van der Waals surface area contributed by atoms with Crippen molar-refractivity contribution in [3.63, 3.8) is 0 Å². The lowest BCUT2D eigenvalue weighted by atomic mass is 9.85. The molecule has 0 fully saturated rings. The van der Waals surface area contributed by atoms with E-state index in [0.29, 0.717) is 12.0 Å². The standard InChI is InChI=1S/C31H43N3O8/c1-8-12-33-26-21-13-17(2)14-25(41-7)27(36)19(4)15-20(5)29(42-31(32)39)24(40-6)11-9-10-18(3)30(38)34-22(28(21)37)16-23(26)35/h8-11,15-17,19,24-25,27,29,33,36H,1,12-14H2,2-7H3,(H2,32,39)(H,34,38)/b11-9+,18-10-,20-15+/t17-,19-,24+,25-,27+,29+/m0/s1. The summed E-state index contributed by atoms with van der Waals surface area (Å²) in [6.07, 6.45) is 5.34. The fraction of sp³-hybridized carbons (Fsp3) is 0.484. The van der Waals surface area contributed by atoms with Gasteiger partial charge in [-0.05, 0) is 38.2 Å². The topological polar surface area (TPSA) is 166 Å². The Bertz CT molecular complexity index is 1210. The van der Waals surface area contributed by atoms with Crippen LogP contribution in [0, 0.1) is 11.8 Å². The number of carbonyl (C=O) groups is 4. The normalized spacial score (nSPS) is 31.6. The number of carbonyl (C=O) groups excluding carboxylic acids is 4. The fourth-order valence-electron chi connectivity index (χ4n) is 4.95. The van der Waals surface area contributed by atoms with Gasteiger partial charge in [0.25, 0.3) is 5.91 Å². The van der Waals surface area contributed by atoms with Gasteiger partial charge in [-0.25, -0.2) is 4.79 Å². The summed E-state index contributed by atoms with van der Waals surface area (Å²) in [5.74, 6) is -2.14. The van der Waals surface area contributed by atoms with Gasteiger partial charge in [0.2, 0.25) is 11.6 Å². The van der Waals surface area contributed by atoms with Gasteiger partial charge in [-0.2, -0.15) is 0 Å². The molecule has 1 aliphatic carbocycles. The monoisotopic (exact) mass is 585 g/mol. The number of nitrogens with two attached hydrogens (primary N) is 1. The van der Waals surface area contributed by atoms with Crippen molar-refractivity contribution < 1.29 is 38.5 Å². The molecule has 11 heteroatoms. The van der Waals surface area contributed by atoms with E-state index in [9.17, 15) is 24.3 Å². The number of hydrogen-bond acceptors (Lipinski definition) is 9. The van der Waals surface area contributed by atoms with E-state index in [2.05, 4.69) is 17.2 Å². The smallest absolute Gasteiger partial charge is 0.405 e. The molecule has 1 aliphatic heterocycles. The van der Waals surface area contributed by atoms with Gasteiger partial charge >= 0.3 is 6.09 Å². The average molecular weight is 586 g/mol. The lowest BCUT2D eigenvalue weighted by Crippen LogP contribution is -2.37.